The molecule has 0 spiro atoms. The summed E-state index contributed by atoms with van der Waals surface area (Å²) in [6.45, 7) is 2.94. The van der Waals surface area contributed by atoms with Crippen molar-refractivity contribution in [3.05, 3.63) is 70.8 Å². The number of carbonyl (C=O) groups is 1. The normalized spacial score (nSPS) is 16.2. The third-order valence-corrected chi connectivity index (χ3v) is 7.18. The molecular weight excluding hydrogens is 488 g/mol. The highest BCUT2D eigenvalue weighted by Crippen LogP contribution is 2.25. The summed E-state index contributed by atoms with van der Waals surface area (Å²) in [6, 6.07) is 12.3. The number of carbonyl (C=O) groups excluding carboxylic acids is 1. The highest BCUT2D eigenvalue weighted by Gasteiger charge is 2.27. The number of sulfone groups is 1. The van der Waals surface area contributed by atoms with Crippen LogP contribution in [0, 0.1) is 0 Å². The van der Waals surface area contributed by atoms with Gasteiger partial charge in [-0.1, -0.05) is 15.9 Å². The minimum Gasteiger partial charge on any atom is -0.468 e. The van der Waals surface area contributed by atoms with Gasteiger partial charge in [0.2, 0.25) is 14.9 Å². The van der Waals surface area contributed by atoms with Crippen LogP contribution in [-0.2, 0) is 14.6 Å². The van der Waals surface area contributed by atoms with Crippen molar-refractivity contribution in [2.24, 2.45) is 0 Å². The van der Waals surface area contributed by atoms with Gasteiger partial charge in [0.1, 0.15) is 5.76 Å². The summed E-state index contributed by atoms with van der Waals surface area (Å²) < 4.78 is 42.6. The van der Waals surface area contributed by atoms with Crippen molar-refractivity contribution in [3.8, 4) is 0 Å². The molecule has 4 rings (SSSR count). The van der Waals surface area contributed by atoms with Gasteiger partial charge in [0.05, 0.1) is 30.4 Å². The number of halogens is 1. The Balaban J connectivity index is 1.46. The van der Waals surface area contributed by atoms with E-state index in [0.29, 0.717) is 13.2 Å². The number of benzene rings is 1. The molecule has 0 radical (unpaired) electrons. The molecule has 3 heterocycles. The highest BCUT2D eigenvalue weighted by atomic mass is 79.9. The molecule has 0 saturated carbocycles. The van der Waals surface area contributed by atoms with Gasteiger partial charge >= 0.3 is 0 Å². The zero-order valence-corrected chi connectivity index (χ0v) is 18.9. The maximum Gasteiger partial charge on any atom is 0.287 e. The van der Waals surface area contributed by atoms with Gasteiger partial charge in [-0.25, -0.2) is 8.42 Å². The van der Waals surface area contributed by atoms with Crippen molar-refractivity contribution in [3.63, 3.8) is 0 Å². The number of amides is 1. The number of nitrogens with one attached hydrogen (secondary N) is 1. The number of hydrogen-bond acceptors (Lipinski definition) is 7. The minimum atomic E-state index is -3.86. The third kappa shape index (κ3) is 4.93. The fourth-order valence-corrected chi connectivity index (χ4v) is 4.81. The van der Waals surface area contributed by atoms with Crippen molar-refractivity contribution < 1.29 is 26.8 Å². The molecule has 1 amide bonds. The van der Waals surface area contributed by atoms with E-state index >= 15 is 0 Å². The topological polar surface area (TPSA) is 102 Å². The maximum atomic E-state index is 12.7. The van der Waals surface area contributed by atoms with Crippen LogP contribution in [0.5, 0.6) is 0 Å². The average Bonchev–Trinajstić information content (AvgIpc) is 3.48. The quantitative estimate of drug-likeness (QED) is 0.522. The van der Waals surface area contributed by atoms with Crippen LogP contribution < -0.4 is 5.32 Å². The number of hydrogen-bond donors (Lipinski definition) is 1. The van der Waals surface area contributed by atoms with Crippen molar-refractivity contribution in [2.45, 2.75) is 16.0 Å². The molecule has 0 aliphatic carbocycles. The summed E-state index contributed by atoms with van der Waals surface area (Å²) in [6.07, 6.45) is 1.59. The average molecular weight is 509 g/mol. The molecule has 1 saturated heterocycles. The van der Waals surface area contributed by atoms with Gasteiger partial charge in [-0.2, -0.15) is 0 Å². The van der Waals surface area contributed by atoms with Gasteiger partial charge in [-0.05, 0) is 48.5 Å². The SMILES string of the molecule is O=C(NCC(c1ccco1)N1CCOCC1)c1ccc(S(=O)(=O)c2ccc(Br)cc2)o1. The molecule has 1 aliphatic rings. The van der Waals surface area contributed by atoms with Gasteiger partial charge in [0.25, 0.3) is 5.91 Å². The van der Waals surface area contributed by atoms with E-state index < -0.39 is 15.7 Å². The number of furan rings is 2. The van der Waals surface area contributed by atoms with Crippen molar-refractivity contribution in [1.29, 1.82) is 0 Å². The lowest BCUT2D eigenvalue weighted by Crippen LogP contribution is -2.43. The van der Waals surface area contributed by atoms with Gasteiger partial charge < -0.3 is 18.9 Å². The molecule has 1 aromatic carbocycles. The lowest BCUT2D eigenvalue weighted by molar-refractivity contribution is 0.0117. The Hall–Kier alpha value is -2.40. The Kier molecular flexibility index (Phi) is 6.61. The second kappa shape index (κ2) is 9.39. The van der Waals surface area contributed by atoms with E-state index in [1.165, 1.54) is 24.3 Å². The van der Waals surface area contributed by atoms with Gasteiger partial charge in [-0.3, -0.25) is 9.69 Å². The van der Waals surface area contributed by atoms with Crippen LogP contribution in [0.15, 0.2) is 78.1 Å². The number of ether oxygens (including phenoxy) is 1. The molecule has 1 unspecified atom stereocenters. The molecular formula is C21H21BrN2O6S. The van der Waals surface area contributed by atoms with E-state index in [1.54, 1.807) is 24.5 Å². The minimum absolute atomic E-state index is 0.0733. The summed E-state index contributed by atoms with van der Waals surface area (Å²) in [5.74, 6) is 0.165. The first-order valence-electron chi connectivity index (χ1n) is 9.69. The monoisotopic (exact) mass is 508 g/mol. The Morgan fingerprint density at radius 2 is 1.84 bits per heavy atom. The molecule has 164 valence electrons. The van der Waals surface area contributed by atoms with E-state index in [0.717, 1.165) is 23.3 Å². The van der Waals surface area contributed by atoms with Crippen LogP contribution in [-0.4, -0.2) is 52.1 Å². The lowest BCUT2D eigenvalue weighted by atomic mass is 10.1. The Morgan fingerprint density at radius 3 is 2.52 bits per heavy atom. The number of rotatable bonds is 7. The van der Waals surface area contributed by atoms with Crippen LogP contribution >= 0.6 is 15.9 Å². The second-order valence-electron chi connectivity index (χ2n) is 6.97. The summed E-state index contributed by atoms with van der Waals surface area (Å²) >= 11 is 3.28. The highest BCUT2D eigenvalue weighted by molar-refractivity contribution is 9.10. The smallest absolute Gasteiger partial charge is 0.287 e. The first-order chi connectivity index (χ1) is 14.9. The van der Waals surface area contributed by atoms with Crippen LogP contribution in [0.2, 0.25) is 0 Å². The summed E-state index contributed by atoms with van der Waals surface area (Å²) in [5, 5.41) is 2.54. The van der Waals surface area contributed by atoms with Crippen molar-refractivity contribution in [1.82, 2.24) is 10.2 Å². The largest absolute Gasteiger partial charge is 0.468 e. The Morgan fingerprint density at radius 1 is 1.10 bits per heavy atom. The molecule has 1 N–H and O–H groups in total. The number of morpholine rings is 1. The molecule has 2 aromatic heterocycles. The van der Waals surface area contributed by atoms with Crippen molar-refractivity contribution in [2.75, 3.05) is 32.8 Å². The van der Waals surface area contributed by atoms with Crippen LogP contribution in [0.4, 0.5) is 0 Å². The first-order valence-corrected chi connectivity index (χ1v) is 12.0. The van der Waals surface area contributed by atoms with Crippen LogP contribution in [0.3, 0.4) is 0 Å². The second-order valence-corrected chi connectivity index (χ2v) is 9.76. The van der Waals surface area contributed by atoms with Crippen molar-refractivity contribution >= 4 is 31.7 Å². The van der Waals surface area contributed by atoms with Crippen LogP contribution in [0.25, 0.3) is 0 Å². The molecule has 31 heavy (non-hydrogen) atoms. The summed E-state index contributed by atoms with van der Waals surface area (Å²) in [7, 11) is -3.86. The zero-order valence-electron chi connectivity index (χ0n) is 16.5. The van der Waals surface area contributed by atoms with Gasteiger partial charge in [0.15, 0.2) is 5.76 Å². The lowest BCUT2D eigenvalue weighted by Gasteiger charge is -2.33. The third-order valence-electron chi connectivity index (χ3n) is 5.01. The van der Waals surface area contributed by atoms with E-state index in [9.17, 15) is 13.2 Å². The standard InChI is InChI=1S/C21H21BrN2O6S/c22-15-3-5-16(6-4-15)31(26,27)20-8-7-19(30-20)21(25)23-14-17(18-2-1-11-29-18)24-9-12-28-13-10-24/h1-8,11,17H,9-10,12-14H2,(H,23,25). The molecule has 3 aromatic rings. The maximum absolute atomic E-state index is 12.7. The Labute approximate surface area is 188 Å². The predicted octanol–water partition coefficient (Wildman–Crippen LogP) is 3.27. The van der Waals surface area contributed by atoms with E-state index in [4.69, 9.17) is 13.6 Å². The van der Waals surface area contributed by atoms with E-state index in [-0.39, 0.29) is 28.3 Å². The van der Waals surface area contributed by atoms with Gasteiger partial charge in [-0.15, -0.1) is 0 Å². The molecule has 0 bridgehead atoms. The van der Waals surface area contributed by atoms with Gasteiger partial charge in [0, 0.05) is 24.1 Å². The zero-order chi connectivity index (χ0) is 21.8. The molecule has 8 nitrogen and oxygen atoms in total. The molecule has 1 aliphatic heterocycles. The first kappa shape index (κ1) is 21.8. The number of nitrogens with zero attached hydrogens (tertiary/aromatic N) is 1. The molecule has 1 atom stereocenters. The fraction of sp³-hybridized carbons (Fsp3) is 0.286. The van der Waals surface area contributed by atoms with Crippen LogP contribution in [0.1, 0.15) is 22.4 Å². The molecule has 10 heteroatoms. The van der Waals surface area contributed by atoms with E-state index in [1.807, 2.05) is 6.07 Å². The molecule has 1 fully saturated rings. The Bertz CT molecular complexity index is 1120. The summed E-state index contributed by atoms with van der Waals surface area (Å²) in [4.78, 5) is 14.9. The summed E-state index contributed by atoms with van der Waals surface area (Å²) in [5.41, 5.74) is 0. The fourth-order valence-electron chi connectivity index (χ4n) is 3.37. The van der Waals surface area contributed by atoms with E-state index in [2.05, 4.69) is 26.1 Å². The predicted molar refractivity (Wildman–Crippen MR) is 114 cm³/mol.